The lowest BCUT2D eigenvalue weighted by Gasteiger charge is -2.39. The maximum absolute atomic E-state index is 12.5. The van der Waals surface area contributed by atoms with Crippen molar-refractivity contribution in [1.29, 1.82) is 0 Å². The summed E-state index contributed by atoms with van der Waals surface area (Å²) in [6, 6.07) is 4.55. The molecule has 1 aromatic rings. The Hall–Kier alpha value is -2.22. The number of carbonyl (C=O) groups excluding carboxylic acids is 2. The van der Waals surface area contributed by atoms with Crippen LogP contribution >= 0.6 is 0 Å². The van der Waals surface area contributed by atoms with Gasteiger partial charge in [0.2, 0.25) is 0 Å². The Labute approximate surface area is 134 Å². The minimum absolute atomic E-state index is 0.255. The minimum atomic E-state index is -1.31. The number of carbonyl (C=O) groups is 2. The summed E-state index contributed by atoms with van der Waals surface area (Å²) in [6.45, 7) is 6.42. The van der Waals surface area contributed by atoms with Crippen molar-refractivity contribution < 1.29 is 24.8 Å². The van der Waals surface area contributed by atoms with E-state index in [2.05, 4.69) is 5.32 Å². The number of amides is 1. The molecule has 0 saturated carbocycles. The molecule has 7 heteroatoms. The van der Waals surface area contributed by atoms with Gasteiger partial charge in [-0.15, -0.1) is 0 Å². The van der Waals surface area contributed by atoms with Crippen molar-refractivity contribution in [2.75, 3.05) is 11.1 Å². The molecule has 0 bridgehead atoms. The van der Waals surface area contributed by atoms with E-state index in [0.717, 1.165) is 0 Å². The molecule has 1 aliphatic heterocycles. The molecular formula is C16H22N3O4+. The summed E-state index contributed by atoms with van der Waals surface area (Å²) in [4.78, 5) is 22.0. The van der Waals surface area contributed by atoms with Crippen molar-refractivity contribution in [3.8, 4) is 0 Å². The van der Waals surface area contributed by atoms with Gasteiger partial charge in [-0.2, -0.15) is 10.4 Å². The molecule has 1 aromatic carbocycles. The van der Waals surface area contributed by atoms with Gasteiger partial charge in [0, 0.05) is 44.6 Å². The molecule has 0 saturated heterocycles. The highest BCUT2D eigenvalue weighted by molar-refractivity contribution is 6.06. The summed E-state index contributed by atoms with van der Waals surface area (Å²) in [6.07, 6.45) is 2.18. The molecule has 0 radical (unpaired) electrons. The first-order valence-corrected chi connectivity index (χ1v) is 7.18. The van der Waals surface area contributed by atoms with Gasteiger partial charge in [0.25, 0.3) is 5.91 Å². The SMILES string of the molecule is CC1(C)C=C(C(=O)Nc2ccc(C=O)c(N)c2)C(C)(C)[N+]1(O)O. The van der Waals surface area contributed by atoms with E-state index in [1.807, 2.05) is 0 Å². The number of rotatable bonds is 3. The third kappa shape index (κ3) is 2.52. The van der Waals surface area contributed by atoms with Crippen molar-refractivity contribution in [1.82, 2.24) is 0 Å². The molecule has 0 fully saturated rings. The number of hydroxylamine groups is 4. The molecule has 1 aliphatic rings. The summed E-state index contributed by atoms with van der Waals surface area (Å²) in [5.41, 5.74) is 4.76. The maximum Gasteiger partial charge on any atom is 0.258 e. The van der Waals surface area contributed by atoms with Crippen LogP contribution in [0.25, 0.3) is 0 Å². The second-order valence-corrected chi connectivity index (χ2v) is 6.79. The van der Waals surface area contributed by atoms with Gasteiger partial charge in [0.05, 0.1) is 5.57 Å². The Kier molecular flexibility index (Phi) is 3.84. The Bertz CT molecular complexity index is 705. The van der Waals surface area contributed by atoms with Crippen molar-refractivity contribution >= 4 is 23.6 Å². The zero-order valence-electron chi connectivity index (χ0n) is 13.6. The quantitative estimate of drug-likeness (QED) is 0.387. The van der Waals surface area contributed by atoms with Crippen molar-refractivity contribution in [3.05, 3.63) is 35.4 Å². The van der Waals surface area contributed by atoms with Gasteiger partial charge in [-0.25, -0.2) is 0 Å². The fourth-order valence-corrected chi connectivity index (χ4v) is 2.81. The summed E-state index contributed by atoms with van der Waals surface area (Å²) in [5.74, 6) is -0.454. The zero-order chi connectivity index (χ0) is 17.6. The van der Waals surface area contributed by atoms with Crippen LogP contribution in [0.2, 0.25) is 0 Å². The molecule has 0 aromatic heterocycles. The van der Waals surface area contributed by atoms with Gasteiger partial charge in [-0.1, -0.05) is 0 Å². The predicted molar refractivity (Wildman–Crippen MR) is 84.9 cm³/mol. The van der Waals surface area contributed by atoms with Crippen LogP contribution in [-0.2, 0) is 4.79 Å². The number of nitrogens with two attached hydrogens (primary N) is 1. The molecule has 1 amide bonds. The smallest absolute Gasteiger partial charge is 0.258 e. The third-order valence-electron chi connectivity index (χ3n) is 4.46. The van der Waals surface area contributed by atoms with Gasteiger partial charge in [0.1, 0.15) is 0 Å². The van der Waals surface area contributed by atoms with Gasteiger partial charge < -0.3 is 11.1 Å². The molecule has 2 rings (SSSR count). The molecule has 23 heavy (non-hydrogen) atoms. The Morgan fingerprint density at radius 1 is 1.26 bits per heavy atom. The largest absolute Gasteiger partial charge is 0.398 e. The highest BCUT2D eigenvalue weighted by Gasteiger charge is 2.63. The van der Waals surface area contributed by atoms with E-state index in [-0.39, 0.29) is 11.3 Å². The molecule has 1 heterocycles. The van der Waals surface area contributed by atoms with E-state index >= 15 is 0 Å². The lowest BCUT2D eigenvalue weighted by molar-refractivity contribution is -1.29. The Morgan fingerprint density at radius 2 is 1.87 bits per heavy atom. The number of nitrogens with one attached hydrogen (secondary N) is 1. The standard InChI is InChI=1S/C16H21N3O4/c1-15(2)8-12(16(3,4)19(15,22)23)14(21)18-11-6-5-10(9-20)13(17)7-11/h5-9,22-23H,1-4H3,(H2-,17,18,20,21)/p+1. The highest BCUT2D eigenvalue weighted by Crippen LogP contribution is 2.44. The number of hydrogen-bond acceptors (Lipinski definition) is 5. The van der Waals surface area contributed by atoms with E-state index in [0.29, 0.717) is 17.5 Å². The van der Waals surface area contributed by atoms with Gasteiger partial charge >= 0.3 is 0 Å². The van der Waals surface area contributed by atoms with Crippen LogP contribution in [0, 0.1) is 0 Å². The molecular weight excluding hydrogens is 298 g/mol. The van der Waals surface area contributed by atoms with Crippen LogP contribution in [0.5, 0.6) is 0 Å². The number of aldehydes is 1. The van der Waals surface area contributed by atoms with Gasteiger partial charge in [-0.3, -0.25) is 9.59 Å². The Balaban J connectivity index is 2.31. The van der Waals surface area contributed by atoms with Crippen molar-refractivity contribution in [3.63, 3.8) is 0 Å². The summed E-state index contributed by atoms with van der Waals surface area (Å²) < 4.78 is 0. The third-order valence-corrected chi connectivity index (χ3v) is 4.46. The van der Waals surface area contributed by atoms with Crippen LogP contribution in [0.15, 0.2) is 29.8 Å². The Morgan fingerprint density at radius 3 is 2.30 bits per heavy atom. The number of hydrogen-bond donors (Lipinski definition) is 4. The van der Waals surface area contributed by atoms with E-state index in [4.69, 9.17) is 5.73 Å². The predicted octanol–water partition coefficient (Wildman–Crippen LogP) is 2.11. The fraction of sp³-hybridized carbons (Fsp3) is 0.375. The lowest BCUT2D eigenvalue weighted by atomic mass is 9.95. The normalized spacial score (nSPS) is 20.7. The number of nitrogen functional groups attached to an aromatic ring is 1. The minimum Gasteiger partial charge on any atom is -0.398 e. The second-order valence-electron chi connectivity index (χ2n) is 6.79. The summed E-state index contributed by atoms with van der Waals surface area (Å²) in [7, 11) is 0. The van der Waals surface area contributed by atoms with Crippen LogP contribution in [0.3, 0.4) is 0 Å². The molecule has 7 nitrogen and oxygen atoms in total. The second kappa shape index (κ2) is 5.16. The molecule has 0 atom stereocenters. The van der Waals surface area contributed by atoms with Crippen LogP contribution in [-0.4, -0.2) is 38.5 Å². The molecule has 5 N–H and O–H groups in total. The highest BCUT2D eigenvalue weighted by atomic mass is 16.8. The number of anilines is 2. The maximum atomic E-state index is 12.5. The van der Waals surface area contributed by atoms with Crippen LogP contribution < -0.4 is 11.1 Å². The first-order chi connectivity index (χ1) is 10.4. The fourth-order valence-electron chi connectivity index (χ4n) is 2.81. The van der Waals surface area contributed by atoms with Crippen molar-refractivity contribution in [2.45, 2.75) is 38.8 Å². The first-order valence-electron chi connectivity index (χ1n) is 7.18. The number of nitrogens with zero attached hydrogens (tertiary/aromatic N) is 1. The molecule has 124 valence electrons. The van der Waals surface area contributed by atoms with Crippen LogP contribution in [0.4, 0.5) is 11.4 Å². The zero-order valence-corrected chi connectivity index (χ0v) is 13.6. The number of benzene rings is 1. The lowest BCUT2D eigenvalue weighted by Crippen LogP contribution is -2.63. The summed E-state index contributed by atoms with van der Waals surface area (Å²) in [5, 5.41) is 23.4. The first kappa shape index (κ1) is 17.1. The van der Waals surface area contributed by atoms with E-state index in [1.165, 1.54) is 12.1 Å². The average molecular weight is 320 g/mol. The average Bonchev–Trinajstić information content (AvgIpc) is 2.56. The van der Waals surface area contributed by atoms with E-state index < -0.39 is 21.8 Å². The molecule has 0 spiro atoms. The number of quaternary nitrogens is 1. The molecule has 0 aliphatic carbocycles. The monoisotopic (exact) mass is 320 g/mol. The van der Waals surface area contributed by atoms with Crippen LogP contribution in [0.1, 0.15) is 38.1 Å². The topological polar surface area (TPSA) is 113 Å². The summed E-state index contributed by atoms with van der Waals surface area (Å²) >= 11 is 0. The van der Waals surface area contributed by atoms with Gasteiger partial charge in [0.15, 0.2) is 17.4 Å². The van der Waals surface area contributed by atoms with Gasteiger partial charge in [-0.05, 0) is 29.1 Å². The van der Waals surface area contributed by atoms with E-state index in [9.17, 15) is 20.0 Å². The van der Waals surface area contributed by atoms with Crippen molar-refractivity contribution in [2.24, 2.45) is 0 Å². The van der Waals surface area contributed by atoms with E-state index in [1.54, 1.807) is 39.8 Å². The molecule has 0 unspecified atom stereocenters.